The molecule has 1 atom stereocenters. The summed E-state index contributed by atoms with van der Waals surface area (Å²) in [5.41, 5.74) is 0.774. The Morgan fingerprint density at radius 2 is 1.92 bits per heavy atom. The van der Waals surface area contributed by atoms with Gasteiger partial charge in [0.25, 0.3) is 0 Å². The molecule has 0 aliphatic rings. The van der Waals surface area contributed by atoms with Crippen molar-refractivity contribution in [2.75, 3.05) is 12.3 Å². The predicted octanol–water partition coefficient (Wildman–Crippen LogP) is 1.43. The monoisotopic (exact) mass is 350 g/mol. The average Bonchev–Trinajstić information content (AvgIpc) is 3.00. The van der Waals surface area contributed by atoms with E-state index in [9.17, 15) is 18.3 Å². The van der Waals surface area contributed by atoms with Gasteiger partial charge in [0.05, 0.1) is 16.8 Å². The van der Waals surface area contributed by atoms with Crippen molar-refractivity contribution in [1.82, 2.24) is 9.88 Å². The number of nitrogens with zero attached hydrogens (tertiary/aromatic N) is 1. The first-order chi connectivity index (χ1) is 11.4. The number of hydrogen-bond acceptors (Lipinski definition) is 4. The normalized spacial score (nSPS) is 12.8. The number of carbonyl (C=O) groups is 1. The first-order valence-electron chi connectivity index (χ1n) is 7.74. The zero-order valence-corrected chi connectivity index (χ0v) is 14.4. The molecule has 0 aliphatic carbocycles. The van der Waals surface area contributed by atoms with Crippen LogP contribution in [0.15, 0.2) is 53.6 Å². The van der Waals surface area contributed by atoms with Crippen LogP contribution in [-0.2, 0) is 21.7 Å². The van der Waals surface area contributed by atoms with Crippen LogP contribution in [-0.4, -0.2) is 36.3 Å². The van der Waals surface area contributed by atoms with Gasteiger partial charge in [0.2, 0.25) is 5.91 Å². The van der Waals surface area contributed by atoms with E-state index in [1.54, 1.807) is 18.2 Å². The first kappa shape index (κ1) is 18.2. The van der Waals surface area contributed by atoms with Crippen LogP contribution in [0, 0.1) is 0 Å². The Morgan fingerprint density at radius 1 is 1.21 bits per heavy atom. The summed E-state index contributed by atoms with van der Waals surface area (Å²) >= 11 is 0. The molecule has 6 nitrogen and oxygen atoms in total. The lowest BCUT2D eigenvalue weighted by atomic mass is 10.2. The van der Waals surface area contributed by atoms with Crippen molar-refractivity contribution < 1.29 is 18.3 Å². The lowest BCUT2D eigenvalue weighted by Crippen LogP contribution is -2.27. The van der Waals surface area contributed by atoms with Crippen LogP contribution >= 0.6 is 0 Å². The van der Waals surface area contributed by atoms with Crippen LogP contribution in [0.3, 0.4) is 0 Å². The Kier molecular flexibility index (Phi) is 6.16. The van der Waals surface area contributed by atoms with E-state index in [0.717, 1.165) is 5.69 Å². The minimum atomic E-state index is -3.45. The Morgan fingerprint density at radius 3 is 2.54 bits per heavy atom. The number of aryl methyl sites for hydroxylation is 1. The maximum Gasteiger partial charge on any atom is 0.221 e. The van der Waals surface area contributed by atoms with Crippen molar-refractivity contribution in [2.24, 2.45) is 7.05 Å². The van der Waals surface area contributed by atoms with Gasteiger partial charge < -0.3 is 15.0 Å². The van der Waals surface area contributed by atoms with Gasteiger partial charge in [-0.2, -0.15) is 0 Å². The summed E-state index contributed by atoms with van der Waals surface area (Å²) in [6.07, 6.45) is 1.44. The fourth-order valence-corrected chi connectivity index (χ4v) is 3.64. The lowest BCUT2D eigenvalue weighted by Gasteiger charge is -2.12. The van der Waals surface area contributed by atoms with Gasteiger partial charge in [-0.05, 0) is 30.7 Å². The summed E-state index contributed by atoms with van der Waals surface area (Å²) in [5, 5.41) is 12.7. The number of nitrogens with one attached hydrogen (secondary N) is 1. The number of sulfone groups is 1. The van der Waals surface area contributed by atoms with Gasteiger partial charge in [-0.3, -0.25) is 4.79 Å². The highest BCUT2D eigenvalue weighted by atomic mass is 32.2. The summed E-state index contributed by atoms with van der Waals surface area (Å²) in [5.74, 6) is -0.572. The molecule has 2 aromatic rings. The van der Waals surface area contributed by atoms with Crippen molar-refractivity contribution in [3.05, 3.63) is 54.4 Å². The molecule has 1 aromatic heterocycles. The van der Waals surface area contributed by atoms with Crippen molar-refractivity contribution in [3.63, 3.8) is 0 Å². The number of aliphatic hydroxyl groups excluding tert-OH is 1. The van der Waals surface area contributed by atoms with Gasteiger partial charge in [0, 0.05) is 31.9 Å². The van der Waals surface area contributed by atoms with Gasteiger partial charge in [-0.15, -0.1) is 0 Å². The summed E-state index contributed by atoms with van der Waals surface area (Å²) in [6, 6.07) is 11.7. The summed E-state index contributed by atoms with van der Waals surface area (Å²) in [4.78, 5) is 12.0. The predicted molar refractivity (Wildman–Crippen MR) is 91.1 cm³/mol. The van der Waals surface area contributed by atoms with Crippen molar-refractivity contribution in [2.45, 2.75) is 23.8 Å². The van der Waals surface area contributed by atoms with E-state index in [0.29, 0.717) is 6.42 Å². The van der Waals surface area contributed by atoms with E-state index < -0.39 is 15.9 Å². The molecule has 1 amide bonds. The molecule has 130 valence electrons. The minimum absolute atomic E-state index is 0.0997. The Hall–Kier alpha value is -2.12. The zero-order chi connectivity index (χ0) is 17.6. The van der Waals surface area contributed by atoms with Crippen LogP contribution in [0.25, 0.3) is 0 Å². The zero-order valence-electron chi connectivity index (χ0n) is 13.6. The molecule has 1 aromatic carbocycles. The maximum atomic E-state index is 12.1. The van der Waals surface area contributed by atoms with Crippen LogP contribution in [0.5, 0.6) is 0 Å². The van der Waals surface area contributed by atoms with Crippen molar-refractivity contribution in [1.29, 1.82) is 0 Å². The van der Waals surface area contributed by atoms with E-state index in [1.807, 2.05) is 29.9 Å². The van der Waals surface area contributed by atoms with E-state index in [-0.39, 0.29) is 29.5 Å². The molecule has 2 rings (SSSR count). The van der Waals surface area contributed by atoms with E-state index >= 15 is 0 Å². The Bertz CT molecular complexity index is 769. The van der Waals surface area contributed by atoms with Gasteiger partial charge in [0.15, 0.2) is 9.84 Å². The highest BCUT2D eigenvalue weighted by Gasteiger charge is 2.16. The Balaban J connectivity index is 1.75. The molecule has 0 unspecified atom stereocenters. The second-order valence-electron chi connectivity index (χ2n) is 5.58. The molecule has 0 saturated heterocycles. The maximum absolute atomic E-state index is 12.1. The lowest BCUT2D eigenvalue weighted by molar-refractivity contribution is -0.120. The van der Waals surface area contributed by atoms with Crippen LogP contribution in [0.2, 0.25) is 0 Å². The third kappa shape index (κ3) is 4.94. The average molecular weight is 350 g/mol. The number of carbonyl (C=O) groups excluding carboxylic acids is 1. The number of aromatic nitrogens is 1. The summed E-state index contributed by atoms with van der Waals surface area (Å²) in [6.45, 7) is 0.288. The van der Waals surface area contributed by atoms with Crippen molar-refractivity contribution in [3.8, 4) is 0 Å². The molecular weight excluding hydrogens is 328 g/mol. The molecule has 2 N–H and O–H groups in total. The Labute approximate surface area is 142 Å². The molecule has 0 bridgehead atoms. The van der Waals surface area contributed by atoms with Crippen LogP contribution < -0.4 is 5.32 Å². The molecule has 0 aliphatic heterocycles. The standard InChI is InChI=1S/C17H22N2O4S/c1-19-12-5-8-15(19)16(20)9-11-18-17(21)10-13-24(22,23)14-6-3-2-4-7-14/h2-8,12,16,20H,9-11,13H2,1H3,(H,18,21)/t16-/m0/s1. The second kappa shape index (κ2) is 8.12. The topological polar surface area (TPSA) is 88.4 Å². The summed E-state index contributed by atoms with van der Waals surface area (Å²) in [7, 11) is -1.61. The molecule has 1 heterocycles. The smallest absolute Gasteiger partial charge is 0.221 e. The highest BCUT2D eigenvalue weighted by molar-refractivity contribution is 7.91. The fraction of sp³-hybridized carbons (Fsp3) is 0.353. The molecule has 24 heavy (non-hydrogen) atoms. The number of amides is 1. The molecule has 0 saturated carbocycles. The highest BCUT2D eigenvalue weighted by Crippen LogP contribution is 2.15. The number of benzene rings is 1. The number of aliphatic hydroxyl groups is 1. The third-order valence-electron chi connectivity index (χ3n) is 3.77. The van der Waals surface area contributed by atoms with Gasteiger partial charge >= 0.3 is 0 Å². The third-order valence-corrected chi connectivity index (χ3v) is 5.50. The summed E-state index contributed by atoms with van der Waals surface area (Å²) < 4.78 is 26.0. The molecular formula is C17H22N2O4S. The molecule has 7 heteroatoms. The van der Waals surface area contributed by atoms with Gasteiger partial charge in [-0.25, -0.2) is 8.42 Å². The van der Waals surface area contributed by atoms with Crippen LogP contribution in [0.1, 0.15) is 24.6 Å². The SMILES string of the molecule is Cn1cccc1[C@@H](O)CCNC(=O)CCS(=O)(=O)c1ccccc1. The number of hydrogen-bond donors (Lipinski definition) is 2. The van der Waals surface area contributed by atoms with Crippen LogP contribution in [0.4, 0.5) is 0 Å². The quantitative estimate of drug-likeness (QED) is 0.754. The van der Waals surface area contributed by atoms with Crippen molar-refractivity contribution >= 4 is 15.7 Å². The number of rotatable bonds is 8. The van der Waals surface area contributed by atoms with Gasteiger partial charge in [-0.1, -0.05) is 18.2 Å². The van der Waals surface area contributed by atoms with E-state index in [1.165, 1.54) is 12.1 Å². The first-order valence-corrected chi connectivity index (χ1v) is 9.39. The molecule has 0 spiro atoms. The molecule has 0 radical (unpaired) electrons. The molecule has 0 fully saturated rings. The second-order valence-corrected chi connectivity index (χ2v) is 7.69. The fourth-order valence-electron chi connectivity index (χ4n) is 2.38. The minimum Gasteiger partial charge on any atom is -0.387 e. The largest absolute Gasteiger partial charge is 0.387 e. The van der Waals surface area contributed by atoms with E-state index in [4.69, 9.17) is 0 Å². The van der Waals surface area contributed by atoms with E-state index in [2.05, 4.69) is 5.32 Å². The van der Waals surface area contributed by atoms with Gasteiger partial charge in [0.1, 0.15) is 0 Å².